The first kappa shape index (κ1) is 11.9. The maximum atomic E-state index is 9.24. The number of imidazole rings is 1. The third-order valence-electron chi connectivity index (χ3n) is 4.80. The Bertz CT molecular complexity index is 442. The van der Waals surface area contributed by atoms with E-state index in [4.69, 9.17) is 12.2 Å². The smallest absolute Gasteiger partial charge is 0.177 e. The Kier molecular flexibility index (Phi) is 2.55. The molecule has 0 unspecified atom stereocenters. The summed E-state index contributed by atoms with van der Waals surface area (Å²) in [6.45, 7) is 10.1. The van der Waals surface area contributed by atoms with E-state index in [1.165, 1.54) is 0 Å². The lowest BCUT2D eigenvalue weighted by atomic mass is 10.0. The Morgan fingerprint density at radius 2 is 1.94 bits per heavy atom. The summed E-state index contributed by atoms with van der Waals surface area (Å²) in [4.78, 5) is 2.99. The highest BCUT2D eigenvalue weighted by Gasteiger charge is 2.64. The van der Waals surface area contributed by atoms with Crippen molar-refractivity contribution < 1.29 is 5.11 Å². The van der Waals surface area contributed by atoms with E-state index in [-0.39, 0.29) is 6.61 Å². The van der Waals surface area contributed by atoms with Crippen LogP contribution in [0.4, 0.5) is 0 Å². The minimum Gasteiger partial charge on any atom is -0.390 e. The average molecular weight is 240 g/mol. The van der Waals surface area contributed by atoms with Gasteiger partial charge in [0.1, 0.15) is 0 Å². The molecule has 0 radical (unpaired) electrons. The van der Waals surface area contributed by atoms with Crippen molar-refractivity contribution in [3.8, 4) is 0 Å². The molecule has 1 aromatic rings. The van der Waals surface area contributed by atoms with Crippen molar-refractivity contribution in [1.29, 1.82) is 0 Å². The summed E-state index contributed by atoms with van der Waals surface area (Å²) in [7, 11) is 0. The second kappa shape index (κ2) is 3.44. The van der Waals surface area contributed by atoms with E-state index in [0.29, 0.717) is 21.5 Å². The zero-order chi connectivity index (χ0) is 12.1. The quantitative estimate of drug-likeness (QED) is 0.798. The molecule has 1 heterocycles. The lowest BCUT2D eigenvalue weighted by Crippen LogP contribution is -2.08. The van der Waals surface area contributed by atoms with E-state index in [9.17, 15) is 5.11 Å². The van der Waals surface area contributed by atoms with Crippen molar-refractivity contribution in [2.24, 2.45) is 16.7 Å². The van der Waals surface area contributed by atoms with Crippen molar-refractivity contribution >= 4 is 12.2 Å². The van der Waals surface area contributed by atoms with Crippen molar-refractivity contribution in [2.75, 3.05) is 0 Å². The molecule has 3 nitrogen and oxygen atoms in total. The molecular formula is C12H20N2OS. The van der Waals surface area contributed by atoms with E-state index >= 15 is 0 Å². The number of aliphatic hydroxyl groups excluding tert-OH is 1. The highest BCUT2D eigenvalue weighted by Crippen LogP contribution is 2.68. The lowest BCUT2D eigenvalue weighted by Gasteiger charge is -2.07. The van der Waals surface area contributed by atoms with Gasteiger partial charge in [0.15, 0.2) is 4.77 Å². The molecule has 0 atom stereocenters. The Morgan fingerprint density at radius 1 is 1.38 bits per heavy atom. The third kappa shape index (κ3) is 1.47. The predicted molar refractivity (Wildman–Crippen MR) is 66.6 cm³/mol. The monoisotopic (exact) mass is 240 g/mol. The van der Waals surface area contributed by atoms with Crippen LogP contribution < -0.4 is 0 Å². The molecule has 1 aromatic heterocycles. The number of H-pyrrole nitrogens is 1. The standard InChI is InChI=1S/C12H20N2OS/c1-11(2)9(12(11,3)4)6-14-8(7-15)5-13-10(14)16/h5,9,15H,6-7H2,1-4H3,(H,13,16). The number of aromatic amines is 1. The number of nitrogens with zero attached hydrogens (tertiary/aromatic N) is 1. The van der Waals surface area contributed by atoms with E-state index in [1.54, 1.807) is 6.20 Å². The molecule has 0 amide bonds. The fourth-order valence-corrected chi connectivity index (χ4v) is 2.99. The molecule has 0 spiro atoms. The van der Waals surface area contributed by atoms with Gasteiger partial charge in [-0.3, -0.25) is 0 Å². The molecule has 2 rings (SSSR count). The Hall–Kier alpha value is -0.610. The van der Waals surface area contributed by atoms with Crippen LogP contribution >= 0.6 is 12.2 Å². The van der Waals surface area contributed by atoms with E-state index in [1.807, 2.05) is 4.57 Å². The van der Waals surface area contributed by atoms with Gasteiger partial charge in [-0.25, -0.2) is 0 Å². The van der Waals surface area contributed by atoms with E-state index < -0.39 is 0 Å². The maximum absolute atomic E-state index is 9.24. The van der Waals surface area contributed by atoms with Gasteiger partial charge in [-0.05, 0) is 29.0 Å². The van der Waals surface area contributed by atoms with E-state index in [2.05, 4.69) is 32.7 Å². The van der Waals surface area contributed by atoms with E-state index in [0.717, 1.165) is 12.2 Å². The van der Waals surface area contributed by atoms with Gasteiger partial charge in [0.05, 0.1) is 12.3 Å². The second-order valence-electron chi connectivity index (χ2n) is 5.85. The van der Waals surface area contributed by atoms with Crippen LogP contribution in [0.15, 0.2) is 6.20 Å². The Labute approximate surface area is 102 Å². The number of nitrogens with one attached hydrogen (secondary N) is 1. The fourth-order valence-electron chi connectivity index (χ4n) is 2.73. The largest absolute Gasteiger partial charge is 0.390 e. The topological polar surface area (TPSA) is 41.0 Å². The van der Waals surface area contributed by atoms with Crippen LogP contribution in [-0.4, -0.2) is 14.7 Å². The van der Waals surface area contributed by atoms with Gasteiger partial charge in [0.2, 0.25) is 0 Å². The van der Waals surface area contributed by atoms with Crippen LogP contribution in [0.1, 0.15) is 33.4 Å². The highest BCUT2D eigenvalue weighted by atomic mass is 32.1. The molecule has 0 aromatic carbocycles. The van der Waals surface area contributed by atoms with Gasteiger partial charge in [-0.1, -0.05) is 27.7 Å². The number of aromatic nitrogens is 2. The first-order valence-corrected chi connectivity index (χ1v) is 6.11. The maximum Gasteiger partial charge on any atom is 0.177 e. The molecule has 1 aliphatic carbocycles. The van der Waals surface area contributed by atoms with Gasteiger partial charge in [-0.2, -0.15) is 0 Å². The van der Waals surface area contributed by atoms with Gasteiger partial charge < -0.3 is 14.7 Å². The zero-order valence-electron chi connectivity index (χ0n) is 10.4. The summed E-state index contributed by atoms with van der Waals surface area (Å²) in [5, 5.41) is 9.24. The van der Waals surface area contributed by atoms with Crippen LogP contribution in [0.2, 0.25) is 0 Å². The van der Waals surface area contributed by atoms with Crippen molar-refractivity contribution in [1.82, 2.24) is 9.55 Å². The molecule has 16 heavy (non-hydrogen) atoms. The summed E-state index contributed by atoms with van der Waals surface area (Å²) in [6.07, 6.45) is 1.80. The molecule has 0 bridgehead atoms. The van der Waals surface area contributed by atoms with Crippen molar-refractivity contribution in [3.63, 3.8) is 0 Å². The van der Waals surface area contributed by atoms with Gasteiger partial charge in [0, 0.05) is 12.7 Å². The molecule has 90 valence electrons. The first-order chi connectivity index (χ1) is 7.32. The van der Waals surface area contributed by atoms with Crippen LogP contribution in [0.25, 0.3) is 0 Å². The zero-order valence-corrected chi connectivity index (χ0v) is 11.2. The highest BCUT2D eigenvalue weighted by molar-refractivity contribution is 7.71. The fraction of sp³-hybridized carbons (Fsp3) is 0.750. The van der Waals surface area contributed by atoms with Gasteiger partial charge in [0.25, 0.3) is 0 Å². The number of hydrogen-bond acceptors (Lipinski definition) is 2. The first-order valence-electron chi connectivity index (χ1n) is 5.70. The molecule has 0 aliphatic heterocycles. The number of aliphatic hydroxyl groups is 1. The van der Waals surface area contributed by atoms with Gasteiger partial charge in [-0.15, -0.1) is 0 Å². The summed E-state index contributed by atoms with van der Waals surface area (Å²) < 4.78 is 2.74. The van der Waals surface area contributed by atoms with Crippen LogP contribution in [0.3, 0.4) is 0 Å². The minimum atomic E-state index is 0.0424. The average Bonchev–Trinajstić information content (AvgIpc) is 2.48. The summed E-state index contributed by atoms with van der Waals surface area (Å²) in [5.74, 6) is 0.618. The second-order valence-corrected chi connectivity index (χ2v) is 6.24. The lowest BCUT2D eigenvalue weighted by molar-refractivity contribution is 0.268. The van der Waals surface area contributed by atoms with Crippen LogP contribution in [-0.2, 0) is 13.2 Å². The van der Waals surface area contributed by atoms with Gasteiger partial charge >= 0.3 is 0 Å². The number of rotatable bonds is 3. The summed E-state index contributed by atoms with van der Waals surface area (Å²) in [6, 6.07) is 0. The molecule has 0 saturated heterocycles. The molecular weight excluding hydrogens is 220 g/mol. The summed E-state index contributed by atoms with van der Waals surface area (Å²) in [5.41, 5.74) is 1.58. The van der Waals surface area contributed by atoms with Crippen molar-refractivity contribution in [3.05, 3.63) is 16.7 Å². The molecule has 1 aliphatic rings. The molecule has 2 N–H and O–H groups in total. The van der Waals surface area contributed by atoms with Crippen molar-refractivity contribution in [2.45, 2.75) is 40.8 Å². The normalized spacial score (nSPS) is 22.3. The molecule has 1 saturated carbocycles. The third-order valence-corrected chi connectivity index (χ3v) is 5.14. The number of hydrogen-bond donors (Lipinski definition) is 2. The Morgan fingerprint density at radius 3 is 2.38 bits per heavy atom. The van der Waals surface area contributed by atoms with Crippen LogP contribution in [0, 0.1) is 21.5 Å². The molecule has 4 heteroatoms. The molecule has 1 fully saturated rings. The predicted octanol–water partition coefficient (Wildman–Crippen LogP) is 2.72. The Balaban J connectivity index is 2.24. The minimum absolute atomic E-state index is 0.0424. The van der Waals surface area contributed by atoms with Crippen LogP contribution in [0.5, 0.6) is 0 Å². The summed E-state index contributed by atoms with van der Waals surface area (Å²) >= 11 is 5.23. The SMILES string of the molecule is CC1(C)C(Cn2c(CO)c[nH]c2=S)C1(C)C.